The van der Waals surface area contributed by atoms with Crippen molar-refractivity contribution in [1.82, 2.24) is 4.98 Å². The molecule has 132 valence electrons. The fourth-order valence-electron chi connectivity index (χ4n) is 2.03. The molecule has 0 spiro atoms. The molecule has 0 saturated heterocycles. The zero-order valence-corrected chi connectivity index (χ0v) is 15.7. The van der Waals surface area contributed by atoms with Gasteiger partial charge in [-0.25, -0.2) is 4.98 Å². The lowest BCUT2D eigenvalue weighted by Crippen LogP contribution is -2.22. The van der Waals surface area contributed by atoms with Crippen molar-refractivity contribution in [1.29, 1.82) is 0 Å². The number of hydrogen-bond donors (Lipinski definition) is 2. The van der Waals surface area contributed by atoms with E-state index in [0.717, 1.165) is 17.0 Å². The Morgan fingerprint density at radius 2 is 2.04 bits per heavy atom. The molecule has 2 N–H and O–H groups in total. The molecule has 2 amide bonds. The van der Waals surface area contributed by atoms with Crippen LogP contribution in [0.4, 0.5) is 11.5 Å². The number of carbonyl (C=O) groups is 2. The number of halogens is 1. The van der Waals surface area contributed by atoms with Crippen molar-refractivity contribution >= 4 is 46.7 Å². The zero-order valence-electron chi connectivity index (χ0n) is 14.1. The van der Waals surface area contributed by atoms with Gasteiger partial charge in [0, 0.05) is 23.2 Å². The van der Waals surface area contributed by atoms with E-state index in [1.165, 1.54) is 18.0 Å². The van der Waals surface area contributed by atoms with E-state index >= 15 is 0 Å². The van der Waals surface area contributed by atoms with Crippen LogP contribution in [0.15, 0.2) is 47.5 Å². The third-order valence-corrected chi connectivity index (χ3v) is 4.57. The molecule has 2 rings (SSSR count). The molecule has 0 aliphatic carbocycles. The molecule has 0 saturated carbocycles. The third kappa shape index (κ3) is 6.40. The van der Waals surface area contributed by atoms with E-state index in [1.807, 2.05) is 38.1 Å². The van der Waals surface area contributed by atoms with E-state index in [2.05, 4.69) is 15.6 Å². The molecule has 1 aromatic carbocycles. The summed E-state index contributed by atoms with van der Waals surface area (Å²) >= 11 is 7.19. The highest BCUT2D eigenvalue weighted by atomic mass is 35.5. The molecule has 0 fully saturated rings. The summed E-state index contributed by atoms with van der Waals surface area (Å²) in [5.41, 5.74) is 0.732. The number of benzene rings is 1. The van der Waals surface area contributed by atoms with Crippen molar-refractivity contribution < 1.29 is 9.59 Å². The molecule has 25 heavy (non-hydrogen) atoms. The second-order valence-corrected chi connectivity index (χ2v) is 7.29. The Morgan fingerprint density at radius 3 is 2.72 bits per heavy atom. The molecule has 1 unspecified atom stereocenters. The quantitative estimate of drug-likeness (QED) is 0.692. The Hall–Kier alpha value is -2.05. The lowest BCUT2D eigenvalue weighted by molar-refractivity contribution is -0.116. The summed E-state index contributed by atoms with van der Waals surface area (Å²) in [5, 5.41) is 5.80. The van der Waals surface area contributed by atoms with Gasteiger partial charge in [0.25, 0.3) is 0 Å². The number of amides is 2. The van der Waals surface area contributed by atoms with E-state index in [4.69, 9.17) is 11.6 Å². The van der Waals surface area contributed by atoms with Gasteiger partial charge in [0.05, 0.1) is 10.3 Å². The van der Waals surface area contributed by atoms with Crippen LogP contribution in [-0.2, 0) is 9.59 Å². The van der Waals surface area contributed by atoms with E-state index in [9.17, 15) is 9.59 Å². The average molecular weight is 378 g/mol. The van der Waals surface area contributed by atoms with Crippen LogP contribution in [0.5, 0.6) is 0 Å². The Kier molecular flexibility index (Phi) is 7.28. The van der Waals surface area contributed by atoms with E-state index in [1.54, 1.807) is 12.1 Å². The highest BCUT2D eigenvalue weighted by molar-refractivity contribution is 8.00. The van der Waals surface area contributed by atoms with Crippen LogP contribution in [0.2, 0.25) is 5.02 Å². The maximum atomic E-state index is 12.3. The number of nitrogens with one attached hydrogen (secondary N) is 2. The summed E-state index contributed by atoms with van der Waals surface area (Å²) in [7, 11) is 0. The molecule has 1 atom stereocenters. The standard InChI is InChI=1S/C18H20ClN3O2S/c1-3-5-17(23)21-14-6-4-7-15(10-14)25-12(2)18(24)22-16-9-8-13(19)11-20-16/h4,6-12H,3,5H2,1-2H3,(H,21,23)(H,20,22,24). The van der Waals surface area contributed by atoms with Crippen molar-refractivity contribution in [2.24, 2.45) is 0 Å². The Bertz CT molecular complexity index is 737. The van der Waals surface area contributed by atoms with Gasteiger partial charge in [-0.1, -0.05) is 24.6 Å². The number of hydrogen-bond acceptors (Lipinski definition) is 4. The first kappa shape index (κ1) is 19.3. The zero-order chi connectivity index (χ0) is 18.2. The lowest BCUT2D eigenvalue weighted by atomic mass is 10.3. The van der Waals surface area contributed by atoms with Gasteiger partial charge < -0.3 is 10.6 Å². The minimum Gasteiger partial charge on any atom is -0.326 e. The highest BCUT2D eigenvalue weighted by Gasteiger charge is 2.15. The first-order valence-corrected chi connectivity index (χ1v) is 9.22. The molecular weight excluding hydrogens is 358 g/mol. The number of rotatable bonds is 7. The van der Waals surface area contributed by atoms with E-state index in [0.29, 0.717) is 17.3 Å². The van der Waals surface area contributed by atoms with Gasteiger partial charge in [0.2, 0.25) is 11.8 Å². The SMILES string of the molecule is CCCC(=O)Nc1cccc(SC(C)C(=O)Nc2ccc(Cl)cn2)c1. The van der Waals surface area contributed by atoms with E-state index in [-0.39, 0.29) is 17.1 Å². The predicted octanol–water partition coefficient (Wildman–Crippen LogP) is 4.59. The van der Waals surface area contributed by atoms with Crippen LogP contribution in [0.1, 0.15) is 26.7 Å². The number of aromatic nitrogens is 1. The third-order valence-electron chi connectivity index (χ3n) is 3.26. The summed E-state index contributed by atoms with van der Waals surface area (Å²) in [6, 6.07) is 10.8. The van der Waals surface area contributed by atoms with Crippen molar-refractivity contribution in [2.75, 3.05) is 10.6 Å². The molecule has 0 bridgehead atoms. The summed E-state index contributed by atoms with van der Waals surface area (Å²) in [5.74, 6) is 0.298. The topological polar surface area (TPSA) is 71.1 Å². The molecule has 0 aliphatic rings. The maximum absolute atomic E-state index is 12.3. The van der Waals surface area contributed by atoms with Gasteiger partial charge in [0.15, 0.2) is 0 Å². The molecule has 2 aromatic rings. The first-order valence-electron chi connectivity index (χ1n) is 7.97. The summed E-state index contributed by atoms with van der Waals surface area (Å²) in [4.78, 5) is 28.9. The number of nitrogens with zero attached hydrogens (tertiary/aromatic N) is 1. The van der Waals surface area contributed by atoms with Crippen molar-refractivity contribution in [3.05, 3.63) is 47.6 Å². The molecule has 1 aromatic heterocycles. The Labute approximate surface area is 156 Å². The number of pyridine rings is 1. The predicted molar refractivity (Wildman–Crippen MR) is 103 cm³/mol. The van der Waals surface area contributed by atoms with Crippen molar-refractivity contribution in [3.8, 4) is 0 Å². The fraction of sp³-hybridized carbons (Fsp3) is 0.278. The second-order valence-electron chi connectivity index (χ2n) is 5.44. The first-order chi connectivity index (χ1) is 12.0. The minimum absolute atomic E-state index is 0.00995. The Balaban J connectivity index is 1.95. The minimum atomic E-state index is -0.320. The highest BCUT2D eigenvalue weighted by Crippen LogP contribution is 2.26. The molecule has 7 heteroatoms. The van der Waals surface area contributed by atoms with Gasteiger partial charge in [0.1, 0.15) is 5.82 Å². The molecular formula is C18H20ClN3O2S. The fourth-order valence-corrected chi connectivity index (χ4v) is 3.07. The van der Waals surface area contributed by atoms with Gasteiger partial charge in [-0.15, -0.1) is 11.8 Å². The largest absolute Gasteiger partial charge is 0.326 e. The number of thioether (sulfide) groups is 1. The van der Waals surface area contributed by atoms with Crippen LogP contribution in [0.25, 0.3) is 0 Å². The number of anilines is 2. The lowest BCUT2D eigenvalue weighted by Gasteiger charge is -2.12. The van der Waals surface area contributed by atoms with Crippen LogP contribution in [0.3, 0.4) is 0 Å². The summed E-state index contributed by atoms with van der Waals surface area (Å²) in [6.07, 6.45) is 2.78. The maximum Gasteiger partial charge on any atom is 0.238 e. The summed E-state index contributed by atoms with van der Waals surface area (Å²) < 4.78 is 0. The Morgan fingerprint density at radius 1 is 1.24 bits per heavy atom. The van der Waals surface area contributed by atoms with Crippen LogP contribution < -0.4 is 10.6 Å². The van der Waals surface area contributed by atoms with Gasteiger partial charge in [-0.3, -0.25) is 9.59 Å². The molecule has 1 heterocycles. The smallest absolute Gasteiger partial charge is 0.238 e. The van der Waals surface area contributed by atoms with Crippen LogP contribution in [-0.4, -0.2) is 22.0 Å². The molecule has 0 radical (unpaired) electrons. The van der Waals surface area contributed by atoms with Gasteiger partial charge >= 0.3 is 0 Å². The molecule has 5 nitrogen and oxygen atoms in total. The monoisotopic (exact) mass is 377 g/mol. The van der Waals surface area contributed by atoms with Gasteiger partial charge in [-0.2, -0.15) is 0 Å². The van der Waals surface area contributed by atoms with Crippen LogP contribution in [0, 0.1) is 0 Å². The second kappa shape index (κ2) is 9.44. The van der Waals surface area contributed by atoms with Gasteiger partial charge in [-0.05, 0) is 43.7 Å². The average Bonchev–Trinajstić information content (AvgIpc) is 2.57. The molecule has 0 aliphatic heterocycles. The van der Waals surface area contributed by atoms with Crippen LogP contribution >= 0.6 is 23.4 Å². The van der Waals surface area contributed by atoms with Crippen molar-refractivity contribution in [2.45, 2.75) is 36.8 Å². The normalized spacial score (nSPS) is 11.6. The number of carbonyl (C=O) groups excluding carboxylic acids is 2. The van der Waals surface area contributed by atoms with Crippen molar-refractivity contribution in [3.63, 3.8) is 0 Å². The van der Waals surface area contributed by atoms with E-state index < -0.39 is 0 Å². The summed E-state index contributed by atoms with van der Waals surface area (Å²) in [6.45, 7) is 3.78.